The summed E-state index contributed by atoms with van der Waals surface area (Å²) < 4.78 is 45.5. The standard InChI is InChI=1S/C21H24F3N5O3/c1-32-17-7-6-14(13-30)11-16(17)27-20-26-12-15(21(22,23)24)19(28-20)25-8-4-10-29-9-3-2-5-18(29)31/h6-7,11-13H,2-5,8-10H2,1H3,(H2,25,26,27,28). The van der Waals surface area contributed by atoms with Crippen LogP contribution in [0, 0.1) is 0 Å². The molecule has 0 spiro atoms. The molecule has 0 unspecified atom stereocenters. The number of aromatic nitrogens is 2. The van der Waals surface area contributed by atoms with Crippen LogP contribution in [0.2, 0.25) is 0 Å². The molecule has 1 amide bonds. The van der Waals surface area contributed by atoms with Crippen LogP contribution in [0.4, 0.5) is 30.6 Å². The number of nitrogens with zero attached hydrogens (tertiary/aromatic N) is 3. The molecule has 0 saturated carbocycles. The van der Waals surface area contributed by atoms with Crippen molar-refractivity contribution in [3.05, 3.63) is 35.5 Å². The van der Waals surface area contributed by atoms with Crippen molar-refractivity contribution in [3.8, 4) is 5.75 Å². The van der Waals surface area contributed by atoms with E-state index in [4.69, 9.17) is 4.74 Å². The van der Waals surface area contributed by atoms with E-state index >= 15 is 0 Å². The molecule has 172 valence electrons. The normalized spacial score (nSPS) is 14.2. The molecule has 0 bridgehead atoms. The summed E-state index contributed by atoms with van der Waals surface area (Å²) in [6.45, 7) is 1.35. The average molecular weight is 451 g/mol. The summed E-state index contributed by atoms with van der Waals surface area (Å²) in [7, 11) is 1.43. The van der Waals surface area contributed by atoms with Crippen LogP contribution in [0.25, 0.3) is 0 Å². The molecule has 0 radical (unpaired) electrons. The van der Waals surface area contributed by atoms with Crippen molar-refractivity contribution in [2.45, 2.75) is 31.9 Å². The fourth-order valence-corrected chi connectivity index (χ4v) is 3.38. The monoisotopic (exact) mass is 451 g/mol. The SMILES string of the molecule is COc1ccc(C=O)cc1Nc1ncc(C(F)(F)F)c(NCCCN2CCCCC2=O)n1. The van der Waals surface area contributed by atoms with Gasteiger partial charge in [-0.2, -0.15) is 18.2 Å². The predicted octanol–water partition coefficient (Wildman–Crippen LogP) is 3.87. The Hall–Kier alpha value is -3.37. The summed E-state index contributed by atoms with van der Waals surface area (Å²) in [6, 6.07) is 4.58. The number of aldehydes is 1. The van der Waals surface area contributed by atoms with Gasteiger partial charge in [-0.15, -0.1) is 0 Å². The lowest BCUT2D eigenvalue weighted by Gasteiger charge is -2.26. The summed E-state index contributed by atoms with van der Waals surface area (Å²) >= 11 is 0. The molecule has 1 aromatic heterocycles. The molecular weight excluding hydrogens is 427 g/mol. The Kier molecular flexibility index (Phi) is 7.49. The Morgan fingerprint density at radius 1 is 1.28 bits per heavy atom. The fourth-order valence-electron chi connectivity index (χ4n) is 3.38. The molecule has 1 aromatic carbocycles. The summed E-state index contributed by atoms with van der Waals surface area (Å²) in [5.41, 5.74) is -0.303. The highest BCUT2D eigenvalue weighted by molar-refractivity contribution is 5.79. The summed E-state index contributed by atoms with van der Waals surface area (Å²) in [5, 5.41) is 5.51. The first-order valence-electron chi connectivity index (χ1n) is 10.2. The minimum absolute atomic E-state index is 0.0762. The number of carbonyl (C=O) groups is 2. The Bertz CT molecular complexity index is 968. The first-order valence-corrected chi connectivity index (χ1v) is 10.2. The number of anilines is 3. The number of benzene rings is 1. The van der Waals surface area contributed by atoms with Gasteiger partial charge in [0.15, 0.2) is 0 Å². The number of likely N-dealkylation sites (tertiary alicyclic amines) is 1. The number of methoxy groups -OCH3 is 1. The highest BCUT2D eigenvalue weighted by atomic mass is 19.4. The van der Waals surface area contributed by atoms with Gasteiger partial charge in [-0.05, 0) is 37.5 Å². The zero-order valence-electron chi connectivity index (χ0n) is 17.5. The van der Waals surface area contributed by atoms with Gasteiger partial charge in [-0.3, -0.25) is 9.59 Å². The van der Waals surface area contributed by atoms with Crippen molar-refractivity contribution >= 4 is 29.6 Å². The van der Waals surface area contributed by atoms with E-state index in [2.05, 4.69) is 20.6 Å². The van der Waals surface area contributed by atoms with E-state index in [1.54, 1.807) is 17.0 Å². The first-order chi connectivity index (χ1) is 15.3. The van der Waals surface area contributed by atoms with Crippen LogP contribution in [0.5, 0.6) is 5.75 Å². The van der Waals surface area contributed by atoms with Crippen LogP contribution in [0.1, 0.15) is 41.6 Å². The molecule has 2 heterocycles. The van der Waals surface area contributed by atoms with Gasteiger partial charge >= 0.3 is 6.18 Å². The molecule has 0 aliphatic carbocycles. The van der Waals surface area contributed by atoms with Crippen molar-refractivity contribution in [1.82, 2.24) is 14.9 Å². The Balaban J connectivity index is 1.73. The van der Waals surface area contributed by atoms with Crippen LogP contribution < -0.4 is 15.4 Å². The van der Waals surface area contributed by atoms with E-state index in [0.29, 0.717) is 55.4 Å². The van der Waals surface area contributed by atoms with Gasteiger partial charge in [0.05, 0.1) is 12.8 Å². The summed E-state index contributed by atoms with van der Waals surface area (Å²) in [6.07, 6.45) is -0.502. The van der Waals surface area contributed by atoms with Gasteiger partial charge < -0.3 is 20.3 Å². The van der Waals surface area contributed by atoms with Crippen LogP contribution in [-0.2, 0) is 11.0 Å². The smallest absolute Gasteiger partial charge is 0.421 e. The second-order valence-corrected chi connectivity index (χ2v) is 7.27. The van der Waals surface area contributed by atoms with E-state index in [9.17, 15) is 22.8 Å². The second-order valence-electron chi connectivity index (χ2n) is 7.27. The zero-order chi connectivity index (χ0) is 23.1. The highest BCUT2D eigenvalue weighted by Crippen LogP contribution is 2.35. The van der Waals surface area contributed by atoms with Gasteiger partial charge in [0.25, 0.3) is 0 Å². The molecular formula is C21H24F3N5O3. The average Bonchev–Trinajstić information content (AvgIpc) is 2.77. The molecule has 1 aliphatic rings. The lowest BCUT2D eigenvalue weighted by Crippen LogP contribution is -2.36. The topological polar surface area (TPSA) is 96.5 Å². The quantitative estimate of drug-likeness (QED) is 0.441. The molecule has 2 N–H and O–H groups in total. The number of rotatable bonds is 9. The van der Waals surface area contributed by atoms with Crippen LogP contribution in [0.15, 0.2) is 24.4 Å². The van der Waals surface area contributed by atoms with Crippen molar-refractivity contribution in [2.75, 3.05) is 37.4 Å². The van der Waals surface area contributed by atoms with Crippen LogP contribution >= 0.6 is 0 Å². The number of piperidine rings is 1. The number of amides is 1. The molecule has 2 aromatic rings. The van der Waals surface area contributed by atoms with Crippen molar-refractivity contribution < 1.29 is 27.5 Å². The van der Waals surface area contributed by atoms with E-state index < -0.39 is 11.7 Å². The van der Waals surface area contributed by atoms with E-state index in [-0.39, 0.29) is 24.2 Å². The molecule has 3 rings (SSSR count). The number of hydrogen-bond acceptors (Lipinski definition) is 7. The molecule has 1 fully saturated rings. The molecule has 11 heteroatoms. The third kappa shape index (κ3) is 5.86. The lowest BCUT2D eigenvalue weighted by molar-refractivity contribution is -0.137. The van der Waals surface area contributed by atoms with Crippen molar-refractivity contribution in [2.24, 2.45) is 0 Å². The first kappa shape index (κ1) is 23.3. The lowest BCUT2D eigenvalue weighted by atomic mass is 10.1. The Morgan fingerprint density at radius 2 is 2.09 bits per heavy atom. The number of ether oxygens (including phenoxy) is 1. The molecule has 32 heavy (non-hydrogen) atoms. The van der Waals surface area contributed by atoms with Gasteiger partial charge in [-0.1, -0.05) is 0 Å². The van der Waals surface area contributed by atoms with Gasteiger partial charge in [-0.25, -0.2) is 4.98 Å². The van der Waals surface area contributed by atoms with E-state index in [1.165, 1.54) is 13.2 Å². The maximum atomic E-state index is 13.4. The third-order valence-corrected chi connectivity index (χ3v) is 5.02. The minimum atomic E-state index is -4.64. The van der Waals surface area contributed by atoms with Gasteiger partial charge in [0.2, 0.25) is 11.9 Å². The maximum Gasteiger partial charge on any atom is 0.421 e. The molecule has 1 saturated heterocycles. The van der Waals surface area contributed by atoms with E-state index in [0.717, 1.165) is 12.8 Å². The summed E-state index contributed by atoms with van der Waals surface area (Å²) in [4.78, 5) is 32.4. The number of alkyl halides is 3. The Morgan fingerprint density at radius 3 is 2.78 bits per heavy atom. The van der Waals surface area contributed by atoms with E-state index in [1.807, 2.05) is 0 Å². The fraction of sp³-hybridized carbons (Fsp3) is 0.429. The summed E-state index contributed by atoms with van der Waals surface area (Å²) in [5.74, 6) is -0.00871. The molecule has 1 aliphatic heterocycles. The number of hydrogen-bond donors (Lipinski definition) is 2. The second kappa shape index (κ2) is 10.3. The third-order valence-electron chi connectivity index (χ3n) is 5.02. The van der Waals surface area contributed by atoms with Gasteiger partial charge in [0, 0.05) is 37.8 Å². The van der Waals surface area contributed by atoms with Crippen LogP contribution in [0.3, 0.4) is 0 Å². The maximum absolute atomic E-state index is 13.4. The number of halogens is 3. The van der Waals surface area contributed by atoms with Crippen molar-refractivity contribution in [1.29, 1.82) is 0 Å². The zero-order valence-corrected chi connectivity index (χ0v) is 17.5. The largest absolute Gasteiger partial charge is 0.495 e. The van der Waals surface area contributed by atoms with Gasteiger partial charge in [0.1, 0.15) is 23.4 Å². The highest BCUT2D eigenvalue weighted by Gasteiger charge is 2.35. The van der Waals surface area contributed by atoms with Crippen molar-refractivity contribution in [3.63, 3.8) is 0 Å². The Labute approximate surface area is 183 Å². The van der Waals surface area contributed by atoms with Crippen LogP contribution in [-0.4, -0.2) is 53.8 Å². The molecule has 8 nitrogen and oxygen atoms in total. The number of nitrogens with one attached hydrogen (secondary N) is 2. The number of carbonyl (C=O) groups excluding carboxylic acids is 2. The minimum Gasteiger partial charge on any atom is -0.495 e. The molecule has 0 atom stereocenters. The predicted molar refractivity (Wildman–Crippen MR) is 112 cm³/mol.